The molecular weight excluding hydrogens is 411 g/mol. The minimum absolute atomic E-state index is 0.167. The van der Waals surface area contributed by atoms with Crippen molar-refractivity contribution in [1.29, 1.82) is 0 Å². The quantitative estimate of drug-likeness (QED) is 0.691. The van der Waals surface area contributed by atoms with Crippen LogP contribution in [0.3, 0.4) is 0 Å². The number of aromatic nitrogens is 2. The molecule has 8 heteroatoms. The van der Waals surface area contributed by atoms with Crippen LogP contribution in [0, 0.1) is 5.82 Å². The number of benzene rings is 1. The lowest BCUT2D eigenvalue weighted by atomic mass is 9.87. The first-order valence-corrected chi connectivity index (χ1v) is 12.1. The third-order valence-electron chi connectivity index (χ3n) is 7.24. The molecule has 5 rings (SSSR count). The predicted molar refractivity (Wildman–Crippen MR) is 119 cm³/mol. The van der Waals surface area contributed by atoms with Crippen molar-refractivity contribution in [3.63, 3.8) is 0 Å². The van der Waals surface area contributed by atoms with Crippen LogP contribution in [0.1, 0.15) is 56.4 Å². The molecule has 3 aliphatic heterocycles. The maximum Gasteiger partial charge on any atom is 0.317 e. The van der Waals surface area contributed by atoms with Crippen molar-refractivity contribution in [3.8, 4) is 5.75 Å². The molecule has 0 N–H and O–H groups in total. The van der Waals surface area contributed by atoms with Gasteiger partial charge in [-0.2, -0.15) is 0 Å². The number of anilines is 1. The van der Waals surface area contributed by atoms with Gasteiger partial charge in [-0.05, 0) is 69.3 Å². The number of rotatable bonds is 5. The van der Waals surface area contributed by atoms with Gasteiger partial charge < -0.3 is 23.7 Å². The molecule has 0 unspecified atom stereocenters. The molecule has 0 spiro atoms. The van der Waals surface area contributed by atoms with E-state index in [0.717, 1.165) is 89.2 Å². The third kappa shape index (κ3) is 5.07. The van der Waals surface area contributed by atoms with Crippen LogP contribution in [0.4, 0.5) is 10.4 Å². The zero-order valence-electron chi connectivity index (χ0n) is 18.6. The summed E-state index contributed by atoms with van der Waals surface area (Å²) in [5.74, 6) is 1.03. The molecule has 32 heavy (non-hydrogen) atoms. The molecule has 0 radical (unpaired) electrons. The SMILES string of the molecule is Fc1ccc(OC2CCOCC2)c(C2CCN([C@@H]3CCCN(c4nnco4)CC3)CC2)c1. The molecule has 7 nitrogen and oxygen atoms in total. The first-order chi connectivity index (χ1) is 15.8. The number of likely N-dealkylation sites (tertiary alicyclic amines) is 1. The molecule has 1 atom stereocenters. The van der Waals surface area contributed by atoms with Gasteiger partial charge in [0.1, 0.15) is 17.7 Å². The van der Waals surface area contributed by atoms with E-state index >= 15 is 0 Å². The van der Waals surface area contributed by atoms with E-state index in [1.165, 1.54) is 18.9 Å². The highest BCUT2D eigenvalue weighted by Crippen LogP contribution is 2.37. The van der Waals surface area contributed by atoms with Gasteiger partial charge in [0.05, 0.1) is 13.2 Å². The Morgan fingerprint density at radius 3 is 2.59 bits per heavy atom. The van der Waals surface area contributed by atoms with E-state index in [9.17, 15) is 4.39 Å². The Morgan fingerprint density at radius 1 is 0.969 bits per heavy atom. The summed E-state index contributed by atoms with van der Waals surface area (Å²) in [5, 5.41) is 7.88. The standard InChI is InChI=1S/C24H33FN4O3/c25-19-3-4-23(32-21-8-14-30-15-9-21)22(16-19)18-5-11-28(12-6-18)20-2-1-10-29(13-7-20)24-27-26-17-31-24/h3-4,16-18,20-21H,1-2,5-15H2/t20-/m1/s1. The van der Waals surface area contributed by atoms with Crippen LogP contribution in [-0.2, 0) is 4.74 Å². The van der Waals surface area contributed by atoms with Crippen molar-refractivity contribution in [2.24, 2.45) is 0 Å². The minimum atomic E-state index is -0.174. The Balaban J connectivity index is 1.19. The average Bonchev–Trinajstić information content (AvgIpc) is 3.26. The largest absolute Gasteiger partial charge is 0.490 e. The number of ether oxygens (including phenoxy) is 2. The molecule has 3 saturated heterocycles. The molecule has 0 saturated carbocycles. The van der Waals surface area contributed by atoms with E-state index in [4.69, 9.17) is 13.9 Å². The first-order valence-electron chi connectivity index (χ1n) is 12.1. The molecule has 0 amide bonds. The van der Waals surface area contributed by atoms with E-state index in [1.54, 1.807) is 6.07 Å². The molecule has 0 aliphatic carbocycles. The number of halogens is 1. The second-order valence-electron chi connectivity index (χ2n) is 9.22. The molecule has 2 aromatic rings. The van der Waals surface area contributed by atoms with Gasteiger partial charge in [-0.15, -0.1) is 5.10 Å². The Bertz CT molecular complexity index is 851. The summed E-state index contributed by atoms with van der Waals surface area (Å²) in [7, 11) is 0. The molecule has 4 heterocycles. The Labute approximate surface area is 188 Å². The fourth-order valence-corrected chi connectivity index (χ4v) is 5.43. The minimum Gasteiger partial charge on any atom is -0.490 e. The van der Waals surface area contributed by atoms with Crippen molar-refractivity contribution in [3.05, 3.63) is 36.0 Å². The zero-order chi connectivity index (χ0) is 21.8. The van der Waals surface area contributed by atoms with Crippen molar-refractivity contribution >= 4 is 6.01 Å². The molecule has 174 valence electrons. The van der Waals surface area contributed by atoms with Gasteiger partial charge in [0, 0.05) is 37.5 Å². The summed E-state index contributed by atoms with van der Waals surface area (Å²) in [4.78, 5) is 4.83. The maximum atomic E-state index is 14.1. The van der Waals surface area contributed by atoms with Gasteiger partial charge in [-0.25, -0.2) is 4.39 Å². The fourth-order valence-electron chi connectivity index (χ4n) is 5.43. The van der Waals surface area contributed by atoms with E-state index in [1.807, 2.05) is 6.07 Å². The van der Waals surface area contributed by atoms with Gasteiger partial charge in [0.15, 0.2) is 0 Å². The van der Waals surface area contributed by atoms with Crippen LogP contribution in [0.2, 0.25) is 0 Å². The monoisotopic (exact) mass is 444 g/mol. The lowest BCUT2D eigenvalue weighted by Crippen LogP contribution is -2.41. The van der Waals surface area contributed by atoms with Gasteiger partial charge in [0.2, 0.25) is 6.39 Å². The highest BCUT2D eigenvalue weighted by atomic mass is 19.1. The van der Waals surface area contributed by atoms with Crippen molar-refractivity contribution in [2.45, 2.75) is 63.0 Å². The topological polar surface area (TPSA) is 63.9 Å². The Morgan fingerprint density at radius 2 is 1.81 bits per heavy atom. The molecule has 1 aromatic heterocycles. The Hall–Kier alpha value is -2.19. The first kappa shape index (κ1) is 21.6. The smallest absolute Gasteiger partial charge is 0.317 e. The maximum absolute atomic E-state index is 14.1. The van der Waals surface area contributed by atoms with Crippen LogP contribution < -0.4 is 9.64 Å². The Kier molecular flexibility index (Phi) is 6.88. The van der Waals surface area contributed by atoms with Crippen molar-refractivity contribution < 1.29 is 18.3 Å². The lowest BCUT2D eigenvalue weighted by molar-refractivity contribution is 0.0248. The lowest BCUT2D eigenvalue weighted by Gasteiger charge is -2.38. The van der Waals surface area contributed by atoms with Crippen LogP contribution in [-0.4, -0.2) is 66.6 Å². The van der Waals surface area contributed by atoms with Crippen molar-refractivity contribution in [2.75, 3.05) is 44.3 Å². The number of hydrogen-bond donors (Lipinski definition) is 0. The second-order valence-corrected chi connectivity index (χ2v) is 9.22. The number of hydrogen-bond acceptors (Lipinski definition) is 7. The molecule has 1 aromatic carbocycles. The predicted octanol–water partition coefficient (Wildman–Crippen LogP) is 4.01. The van der Waals surface area contributed by atoms with Crippen LogP contribution in [0.15, 0.2) is 29.0 Å². The van der Waals surface area contributed by atoms with E-state index in [-0.39, 0.29) is 11.9 Å². The van der Waals surface area contributed by atoms with E-state index < -0.39 is 0 Å². The highest BCUT2D eigenvalue weighted by molar-refractivity contribution is 5.37. The van der Waals surface area contributed by atoms with Gasteiger partial charge in [-0.3, -0.25) is 0 Å². The number of nitrogens with zero attached hydrogens (tertiary/aromatic N) is 4. The fraction of sp³-hybridized carbons (Fsp3) is 0.667. The average molecular weight is 445 g/mol. The molecular formula is C24H33FN4O3. The summed E-state index contributed by atoms with van der Waals surface area (Å²) < 4.78 is 31.3. The summed E-state index contributed by atoms with van der Waals surface area (Å²) in [6.07, 6.45) is 8.86. The zero-order valence-corrected chi connectivity index (χ0v) is 18.6. The van der Waals surface area contributed by atoms with Crippen molar-refractivity contribution in [1.82, 2.24) is 15.1 Å². The normalized spacial score (nSPS) is 24.4. The summed E-state index contributed by atoms with van der Waals surface area (Å²) in [5.41, 5.74) is 1.04. The number of piperidine rings is 1. The van der Waals surface area contributed by atoms with Gasteiger partial charge >= 0.3 is 6.01 Å². The molecule has 3 fully saturated rings. The van der Waals surface area contributed by atoms with Gasteiger partial charge in [0.25, 0.3) is 0 Å². The van der Waals surface area contributed by atoms with Crippen LogP contribution in [0.25, 0.3) is 0 Å². The molecule has 0 bridgehead atoms. The third-order valence-corrected chi connectivity index (χ3v) is 7.24. The summed E-state index contributed by atoms with van der Waals surface area (Å²) >= 11 is 0. The van der Waals surface area contributed by atoms with Crippen LogP contribution >= 0.6 is 0 Å². The second kappa shape index (κ2) is 10.2. The van der Waals surface area contributed by atoms with Crippen LogP contribution in [0.5, 0.6) is 5.75 Å². The van der Waals surface area contributed by atoms with E-state index in [0.29, 0.717) is 18.0 Å². The summed E-state index contributed by atoms with van der Waals surface area (Å²) in [6, 6.07) is 6.25. The summed E-state index contributed by atoms with van der Waals surface area (Å²) in [6.45, 7) is 5.48. The van der Waals surface area contributed by atoms with Gasteiger partial charge in [-0.1, -0.05) is 5.10 Å². The highest BCUT2D eigenvalue weighted by Gasteiger charge is 2.30. The molecule has 3 aliphatic rings. The van der Waals surface area contributed by atoms with E-state index in [2.05, 4.69) is 20.0 Å².